The molecule has 5 nitrogen and oxygen atoms in total. The highest BCUT2D eigenvalue weighted by Crippen LogP contribution is 2.42. The molecule has 1 saturated heterocycles. The highest BCUT2D eigenvalue weighted by molar-refractivity contribution is 5.86. The van der Waals surface area contributed by atoms with Crippen molar-refractivity contribution >= 4 is 5.91 Å². The van der Waals surface area contributed by atoms with E-state index in [2.05, 4.69) is 16.0 Å². The van der Waals surface area contributed by atoms with E-state index in [1.54, 1.807) is 0 Å². The van der Waals surface area contributed by atoms with Gasteiger partial charge in [-0.15, -0.1) is 0 Å². The molecule has 0 bridgehead atoms. The van der Waals surface area contributed by atoms with E-state index in [-0.39, 0.29) is 11.8 Å². The molecule has 4 N–H and O–H groups in total. The van der Waals surface area contributed by atoms with Crippen LogP contribution in [0.2, 0.25) is 0 Å². The second kappa shape index (κ2) is 6.47. The summed E-state index contributed by atoms with van der Waals surface area (Å²) >= 11 is 0. The summed E-state index contributed by atoms with van der Waals surface area (Å²) < 4.78 is 0. The fourth-order valence-electron chi connectivity index (χ4n) is 4.69. The maximum Gasteiger partial charge on any atom is 0.257 e. The lowest BCUT2D eigenvalue weighted by Crippen LogP contribution is -2.51. The third-order valence-electron chi connectivity index (χ3n) is 6.18. The largest absolute Gasteiger partial charge is 0.375 e. The van der Waals surface area contributed by atoms with Gasteiger partial charge in [-0.3, -0.25) is 10.1 Å². The van der Waals surface area contributed by atoms with Crippen LogP contribution in [-0.4, -0.2) is 36.8 Å². The molecule has 1 aliphatic heterocycles. The van der Waals surface area contributed by atoms with Crippen molar-refractivity contribution in [1.82, 2.24) is 16.0 Å². The summed E-state index contributed by atoms with van der Waals surface area (Å²) in [4.78, 5) is 12.9. The van der Waals surface area contributed by atoms with E-state index in [4.69, 9.17) is 0 Å². The first-order valence-corrected chi connectivity index (χ1v) is 9.21. The van der Waals surface area contributed by atoms with E-state index in [1.165, 1.54) is 0 Å². The predicted octanol–water partition coefficient (Wildman–Crippen LogP) is 0.946. The van der Waals surface area contributed by atoms with Gasteiger partial charge in [-0.2, -0.15) is 0 Å². The number of nitrogens with one attached hydrogen (secondary N) is 3. The van der Waals surface area contributed by atoms with Crippen LogP contribution < -0.4 is 16.0 Å². The molecular formula is C19H27N3O2. The number of benzene rings is 1. The molecule has 2 saturated carbocycles. The molecule has 3 aliphatic rings. The van der Waals surface area contributed by atoms with Gasteiger partial charge in [0.15, 0.2) is 5.60 Å². The lowest BCUT2D eigenvalue weighted by molar-refractivity contribution is -0.147. The van der Waals surface area contributed by atoms with Gasteiger partial charge in [0.25, 0.3) is 5.91 Å². The Kier molecular flexibility index (Phi) is 4.33. The lowest BCUT2D eigenvalue weighted by Gasteiger charge is -2.33. The maximum absolute atomic E-state index is 12.9. The Labute approximate surface area is 143 Å². The Morgan fingerprint density at radius 2 is 1.83 bits per heavy atom. The number of aliphatic hydroxyl groups is 1. The zero-order chi connectivity index (χ0) is 16.6. The summed E-state index contributed by atoms with van der Waals surface area (Å²) in [6, 6.07) is 9.93. The molecule has 1 amide bonds. The molecule has 3 fully saturated rings. The van der Waals surface area contributed by atoms with Gasteiger partial charge in [-0.1, -0.05) is 43.2 Å². The SMILES string of the molecule is O=C(NCNC1C2CNCC21)C(O)(c1ccccc1)C1CCCC1. The van der Waals surface area contributed by atoms with Gasteiger partial charge >= 0.3 is 0 Å². The van der Waals surface area contributed by atoms with Crippen molar-refractivity contribution in [3.05, 3.63) is 35.9 Å². The number of piperidine rings is 1. The topological polar surface area (TPSA) is 73.4 Å². The normalized spacial score (nSPS) is 31.5. The van der Waals surface area contributed by atoms with E-state index < -0.39 is 5.60 Å². The smallest absolute Gasteiger partial charge is 0.257 e. The molecule has 1 heterocycles. The van der Waals surface area contributed by atoms with Crippen molar-refractivity contribution in [2.75, 3.05) is 19.8 Å². The molecule has 0 aromatic heterocycles. The van der Waals surface area contributed by atoms with Crippen molar-refractivity contribution < 1.29 is 9.90 Å². The number of carbonyl (C=O) groups excluding carboxylic acids is 1. The fourth-order valence-corrected chi connectivity index (χ4v) is 4.69. The van der Waals surface area contributed by atoms with Gasteiger partial charge in [-0.05, 0) is 43.3 Å². The van der Waals surface area contributed by atoms with Crippen molar-refractivity contribution in [3.63, 3.8) is 0 Å². The number of hydrogen-bond acceptors (Lipinski definition) is 4. The molecule has 2 aliphatic carbocycles. The average Bonchev–Trinajstić information content (AvgIpc) is 3.07. The highest BCUT2D eigenvalue weighted by atomic mass is 16.3. The summed E-state index contributed by atoms with van der Waals surface area (Å²) in [6.07, 6.45) is 3.99. The van der Waals surface area contributed by atoms with Crippen LogP contribution >= 0.6 is 0 Å². The highest BCUT2D eigenvalue weighted by Gasteiger charge is 2.52. The van der Waals surface area contributed by atoms with E-state index in [0.717, 1.165) is 38.8 Å². The van der Waals surface area contributed by atoms with E-state index >= 15 is 0 Å². The Bertz CT molecular complexity index is 578. The first kappa shape index (κ1) is 16.1. The molecule has 4 rings (SSSR count). The Hall–Kier alpha value is -1.43. The predicted molar refractivity (Wildman–Crippen MR) is 92.1 cm³/mol. The van der Waals surface area contributed by atoms with Crippen LogP contribution in [0.1, 0.15) is 31.2 Å². The zero-order valence-electron chi connectivity index (χ0n) is 14.0. The van der Waals surface area contributed by atoms with Crippen molar-refractivity contribution in [2.45, 2.75) is 37.3 Å². The van der Waals surface area contributed by atoms with Crippen LogP contribution in [0.25, 0.3) is 0 Å². The van der Waals surface area contributed by atoms with Gasteiger partial charge in [-0.25, -0.2) is 0 Å². The summed E-state index contributed by atoms with van der Waals surface area (Å²) in [5.41, 5.74) is -0.706. The molecule has 0 spiro atoms. The number of rotatable bonds is 6. The van der Waals surface area contributed by atoms with Crippen LogP contribution in [0, 0.1) is 17.8 Å². The second-order valence-corrected chi connectivity index (χ2v) is 7.51. The molecule has 130 valence electrons. The van der Waals surface area contributed by atoms with Crippen molar-refractivity contribution in [1.29, 1.82) is 0 Å². The molecular weight excluding hydrogens is 302 g/mol. The number of carbonyl (C=O) groups is 1. The van der Waals surface area contributed by atoms with Gasteiger partial charge in [0, 0.05) is 12.0 Å². The number of fused-ring (bicyclic) bond motifs is 1. The molecule has 24 heavy (non-hydrogen) atoms. The van der Waals surface area contributed by atoms with Gasteiger partial charge in [0.2, 0.25) is 0 Å². The molecule has 3 unspecified atom stereocenters. The summed E-state index contributed by atoms with van der Waals surface area (Å²) in [5.74, 6) is 1.16. The molecule has 3 atom stereocenters. The second-order valence-electron chi connectivity index (χ2n) is 7.51. The lowest BCUT2D eigenvalue weighted by atomic mass is 9.79. The van der Waals surface area contributed by atoms with Crippen LogP contribution in [0.3, 0.4) is 0 Å². The van der Waals surface area contributed by atoms with Crippen LogP contribution in [0.15, 0.2) is 30.3 Å². The van der Waals surface area contributed by atoms with Crippen molar-refractivity contribution in [2.24, 2.45) is 17.8 Å². The fraction of sp³-hybridized carbons (Fsp3) is 0.632. The minimum absolute atomic E-state index is 0.00408. The monoisotopic (exact) mass is 329 g/mol. The molecule has 1 aromatic carbocycles. The third-order valence-corrected chi connectivity index (χ3v) is 6.18. The number of hydrogen-bond donors (Lipinski definition) is 4. The van der Waals surface area contributed by atoms with Gasteiger partial charge in [0.05, 0.1) is 6.67 Å². The van der Waals surface area contributed by atoms with Crippen LogP contribution in [0.5, 0.6) is 0 Å². The molecule has 1 aromatic rings. The minimum atomic E-state index is -1.42. The zero-order valence-corrected chi connectivity index (χ0v) is 14.0. The quantitative estimate of drug-likeness (QED) is 0.586. The number of amides is 1. The summed E-state index contributed by atoms with van der Waals surface area (Å²) in [5, 5.41) is 21.1. The minimum Gasteiger partial charge on any atom is -0.375 e. The standard InChI is InChI=1S/C19H27N3O2/c23-18(22-12-21-17-15-10-20-11-16(15)17)19(24,14-8-4-5-9-14)13-6-2-1-3-7-13/h1-3,6-7,14-17,20-21,24H,4-5,8-12H2,(H,22,23). The Balaban J connectivity index is 1.41. The van der Waals surface area contributed by atoms with E-state index in [0.29, 0.717) is 30.1 Å². The van der Waals surface area contributed by atoms with Crippen molar-refractivity contribution in [3.8, 4) is 0 Å². The van der Waals surface area contributed by atoms with Crippen LogP contribution in [-0.2, 0) is 10.4 Å². The van der Waals surface area contributed by atoms with E-state index in [1.807, 2.05) is 30.3 Å². The van der Waals surface area contributed by atoms with Crippen LogP contribution in [0.4, 0.5) is 0 Å². The molecule has 0 radical (unpaired) electrons. The Morgan fingerprint density at radius 3 is 2.50 bits per heavy atom. The van der Waals surface area contributed by atoms with Gasteiger partial charge in [0.1, 0.15) is 0 Å². The Morgan fingerprint density at radius 1 is 1.17 bits per heavy atom. The summed E-state index contributed by atoms with van der Waals surface area (Å²) in [7, 11) is 0. The first-order valence-electron chi connectivity index (χ1n) is 9.21. The summed E-state index contributed by atoms with van der Waals surface area (Å²) in [6.45, 7) is 2.58. The first-order chi connectivity index (χ1) is 11.7. The maximum atomic E-state index is 12.9. The average molecular weight is 329 g/mol. The third kappa shape index (κ3) is 2.75. The molecule has 5 heteroatoms. The van der Waals surface area contributed by atoms with Gasteiger partial charge < -0.3 is 15.7 Å². The van der Waals surface area contributed by atoms with E-state index in [9.17, 15) is 9.90 Å².